The normalized spacial score (nSPS) is 9.27. The van der Waals surface area contributed by atoms with E-state index < -0.39 is 0 Å². The van der Waals surface area contributed by atoms with E-state index in [0.29, 0.717) is 6.41 Å². The highest BCUT2D eigenvalue weighted by Crippen LogP contribution is 2.04. The Kier molecular flexibility index (Phi) is 13.7. The summed E-state index contributed by atoms with van der Waals surface area (Å²) < 4.78 is 0. The first-order valence-electron chi connectivity index (χ1n) is 9.88. The lowest BCUT2D eigenvalue weighted by molar-refractivity contribution is -0.105. The highest BCUT2D eigenvalue weighted by molar-refractivity contribution is 5.70. The minimum absolute atomic E-state index is 0.662. The highest BCUT2D eigenvalue weighted by Gasteiger charge is 1.95. The van der Waals surface area contributed by atoms with Crippen LogP contribution >= 0.6 is 0 Å². The molecule has 0 radical (unpaired) electrons. The molecule has 1 heterocycles. The number of carbonyl (C=O) groups is 1. The van der Waals surface area contributed by atoms with Crippen LogP contribution in [0.3, 0.4) is 0 Å². The zero-order chi connectivity index (χ0) is 21.9. The van der Waals surface area contributed by atoms with Crippen LogP contribution in [0.25, 0.3) is 0 Å². The fourth-order valence-corrected chi connectivity index (χ4v) is 2.42. The third-order valence-electron chi connectivity index (χ3n) is 3.76. The molecule has 158 valence electrons. The van der Waals surface area contributed by atoms with E-state index in [1.807, 2.05) is 68.7 Å². The number of benzene rings is 2. The lowest BCUT2D eigenvalue weighted by atomic mass is 10.1. The molecule has 5 heteroatoms. The molecule has 1 amide bonds. The minimum Gasteiger partial charge on any atom is -0.329 e. The van der Waals surface area contributed by atoms with E-state index in [0.717, 1.165) is 31.0 Å². The molecule has 0 spiro atoms. The SMILES string of the molecule is C=CC.CNCc1ccc(CNCc2ccccn2)cc1.O=CNc1ccccc1. The molecule has 0 unspecified atom stereocenters. The summed E-state index contributed by atoms with van der Waals surface area (Å²) in [5, 5.41) is 9.06. The lowest BCUT2D eigenvalue weighted by Crippen LogP contribution is -2.13. The lowest BCUT2D eigenvalue weighted by Gasteiger charge is -2.06. The van der Waals surface area contributed by atoms with Crippen molar-refractivity contribution in [2.45, 2.75) is 26.6 Å². The van der Waals surface area contributed by atoms with Crippen molar-refractivity contribution < 1.29 is 4.79 Å². The molecule has 0 aliphatic carbocycles. The number of para-hydroxylation sites is 1. The van der Waals surface area contributed by atoms with E-state index in [2.05, 4.69) is 51.8 Å². The Labute approximate surface area is 180 Å². The van der Waals surface area contributed by atoms with Gasteiger partial charge >= 0.3 is 0 Å². The number of aromatic nitrogens is 1. The molecular weight excluding hydrogens is 372 g/mol. The summed E-state index contributed by atoms with van der Waals surface area (Å²) in [6.07, 6.45) is 4.24. The molecule has 0 bridgehead atoms. The molecule has 0 aliphatic rings. The number of anilines is 1. The summed E-state index contributed by atoms with van der Waals surface area (Å²) >= 11 is 0. The van der Waals surface area contributed by atoms with Crippen LogP contribution < -0.4 is 16.0 Å². The summed E-state index contributed by atoms with van der Waals surface area (Å²) in [5.74, 6) is 0. The maximum absolute atomic E-state index is 9.86. The smallest absolute Gasteiger partial charge is 0.211 e. The molecule has 0 saturated carbocycles. The van der Waals surface area contributed by atoms with Crippen LogP contribution in [-0.4, -0.2) is 18.4 Å². The number of hydrogen-bond donors (Lipinski definition) is 3. The van der Waals surface area contributed by atoms with Crippen LogP contribution in [0.4, 0.5) is 5.69 Å². The molecule has 1 aromatic heterocycles. The highest BCUT2D eigenvalue weighted by atomic mass is 16.1. The first-order valence-corrected chi connectivity index (χ1v) is 9.88. The zero-order valence-electron chi connectivity index (χ0n) is 17.8. The van der Waals surface area contributed by atoms with E-state index >= 15 is 0 Å². The summed E-state index contributed by atoms with van der Waals surface area (Å²) in [6, 6.07) is 23.9. The third-order valence-corrected chi connectivity index (χ3v) is 3.76. The van der Waals surface area contributed by atoms with Crippen LogP contribution in [0, 0.1) is 0 Å². The zero-order valence-corrected chi connectivity index (χ0v) is 17.8. The number of nitrogens with zero attached hydrogens (tertiary/aromatic N) is 1. The van der Waals surface area contributed by atoms with Gasteiger partial charge in [0.1, 0.15) is 0 Å². The number of allylic oxidation sites excluding steroid dienone is 1. The summed E-state index contributed by atoms with van der Waals surface area (Å²) in [4.78, 5) is 14.1. The van der Waals surface area contributed by atoms with Crippen molar-refractivity contribution in [3.8, 4) is 0 Å². The number of nitrogens with one attached hydrogen (secondary N) is 3. The van der Waals surface area contributed by atoms with Gasteiger partial charge in [0, 0.05) is 31.5 Å². The van der Waals surface area contributed by atoms with Crippen molar-refractivity contribution in [1.29, 1.82) is 0 Å². The fourth-order valence-electron chi connectivity index (χ4n) is 2.42. The molecule has 2 aromatic carbocycles. The van der Waals surface area contributed by atoms with E-state index in [1.165, 1.54) is 11.1 Å². The average Bonchev–Trinajstić information content (AvgIpc) is 2.78. The largest absolute Gasteiger partial charge is 0.329 e. The van der Waals surface area contributed by atoms with Crippen molar-refractivity contribution in [3.05, 3.63) is 108 Å². The Bertz CT molecular complexity index is 806. The van der Waals surface area contributed by atoms with Gasteiger partial charge in [-0.05, 0) is 49.4 Å². The summed E-state index contributed by atoms with van der Waals surface area (Å²) in [5.41, 5.74) is 4.51. The van der Waals surface area contributed by atoms with Gasteiger partial charge in [-0.3, -0.25) is 9.78 Å². The maximum atomic E-state index is 9.86. The molecule has 30 heavy (non-hydrogen) atoms. The number of amides is 1. The number of rotatable bonds is 8. The van der Waals surface area contributed by atoms with Crippen LogP contribution in [0.15, 0.2) is 91.6 Å². The van der Waals surface area contributed by atoms with Gasteiger partial charge in [-0.15, -0.1) is 6.58 Å². The maximum Gasteiger partial charge on any atom is 0.211 e. The average molecular weight is 405 g/mol. The first-order chi connectivity index (χ1) is 14.7. The summed E-state index contributed by atoms with van der Waals surface area (Å²) in [7, 11) is 1.96. The monoisotopic (exact) mass is 404 g/mol. The third kappa shape index (κ3) is 11.5. The standard InChI is InChI=1S/C15H19N3.C7H7NO.C3H6/c1-16-10-13-5-7-14(8-6-13)11-17-12-15-4-2-3-9-18-15;9-6-8-7-4-2-1-3-5-7;1-3-2/h2-9,16-17H,10-12H2,1H3;1-6H,(H,8,9);3H,1H2,2H3. The van der Waals surface area contributed by atoms with Crippen LogP contribution in [0.5, 0.6) is 0 Å². The van der Waals surface area contributed by atoms with Gasteiger partial charge in [0.05, 0.1) is 5.69 Å². The first kappa shape index (κ1) is 24.8. The van der Waals surface area contributed by atoms with E-state index in [-0.39, 0.29) is 0 Å². The predicted octanol–water partition coefficient (Wildman–Crippen LogP) is 4.54. The Morgan fingerprint density at radius 2 is 1.47 bits per heavy atom. The molecule has 0 atom stereocenters. The van der Waals surface area contributed by atoms with Crippen LogP contribution in [-0.2, 0) is 24.4 Å². The Hall–Kier alpha value is -3.28. The Balaban J connectivity index is 0.000000313. The number of carbonyl (C=O) groups excluding carboxylic acids is 1. The number of hydrogen-bond acceptors (Lipinski definition) is 4. The van der Waals surface area contributed by atoms with Gasteiger partial charge in [-0.2, -0.15) is 0 Å². The Morgan fingerprint density at radius 1 is 0.867 bits per heavy atom. The van der Waals surface area contributed by atoms with Gasteiger partial charge in [-0.25, -0.2) is 0 Å². The topological polar surface area (TPSA) is 66.0 Å². The van der Waals surface area contributed by atoms with Crippen molar-refractivity contribution >= 4 is 12.1 Å². The fraction of sp³-hybridized carbons (Fsp3) is 0.200. The molecule has 3 rings (SSSR count). The second-order valence-corrected chi connectivity index (χ2v) is 6.31. The van der Waals surface area contributed by atoms with Gasteiger partial charge < -0.3 is 16.0 Å². The predicted molar refractivity (Wildman–Crippen MR) is 126 cm³/mol. The molecule has 3 N–H and O–H groups in total. The quantitative estimate of drug-likeness (QED) is 0.381. The molecule has 0 saturated heterocycles. The van der Waals surface area contributed by atoms with Gasteiger partial charge in [0.15, 0.2) is 0 Å². The molecule has 0 aliphatic heterocycles. The second-order valence-electron chi connectivity index (χ2n) is 6.31. The van der Waals surface area contributed by atoms with Crippen LogP contribution in [0.1, 0.15) is 23.7 Å². The van der Waals surface area contributed by atoms with Gasteiger partial charge in [-0.1, -0.05) is 54.6 Å². The van der Waals surface area contributed by atoms with Crippen molar-refractivity contribution in [3.63, 3.8) is 0 Å². The van der Waals surface area contributed by atoms with E-state index in [4.69, 9.17) is 0 Å². The summed E-state index contributed by atoms with van der Waals surface area (Å²) in [6.45, 7) is 7.84. The van der Waals surface area contributed by atoms with E-state index in [1.54, 1.807) is 6.08 Å². The number of pyridine rings is 1. The van der Waals surface area contributed by atoms with Crippen LogP contribution in [0.2, 0.25) is 0 Å². The molecule has 0 fully saturated rings. The van der Waals surface area contributed by atoms with E-state index in [9.17, 15) is 4.79 Å². The van der Waals surface area contributed by atoms with Gasteiger partial charge in [0.25, 0.3) is 0 Å². The Morgan fingerprint density at radius 3 is 2.00 bits per heavy atom. The second kappa shape index (κ2) is 16.7. The molecular formula is C25H32N4O. The van der Waals surface area contributed by atoms with Crippen molar-refractivity contribution in [2.75, 3.05) is 12.4 Å². The van der Waals surface area contributed by atoms with Crippen molar-refractivity contribution in [2.24, 2.45) is 0 Å². The molecule has 3 aromatic rings. The molecule has 5 nitrogen and oxygen atoms in total. The van der Waals surface area contributed by atoms with Crippen molar-refractivity contribution in [1.82, 2.24) is 15.6 Å². The van der Waals surface area contributed by atoms with Gasteiger partial charge in [0.2, 0.25) is 6.41 Å². The minimum atomic E-state index is 0.662.